The van der Waals surface area contributed by atoms with Gasteiger partial charge in [-0.2, -0.15) is 5.10 Å². The molecule has 0 fully saturated rings. The third-order valence-electron chi connectivity index (χ3n) is 2.81. The molecule has 0 unspecified atom stereocenters. The van der Waals surface area contributed by atoms with E-state index in [1.54, 1.807) is 24.5 Å². The molecule has 0 saturated heterocycles. The SMILES string of the molecule is CCn1nc(-c2ccc(O)cc2)c2nccnc21. The highest BCUT2D eigenvalue weighted by Gasteiger charge is 2.13. The molecule has 1 aromatic carbocycles. The van der Waals surface area contributed by atoms with E-state index in [4.69, 9.17) is 0 Å². The van der Waals surface area contributed by atoms with Gasteiger partial charge in [-0.3, -0.25) is 0 Å². The molecule has 0 atom stereocenters. The van der Waals surface area contributed by atoms with E-state index in [0.29, 0.717) is 0 Å². The van der Waals surface area contributed by atoms with Crippen molar-refractivity contribution in [3.8, 4) is 17.0 Å². The molecule has 0 aliphatic rings. The number of aryl methyl sites for hydroxylation is 1. The quantitative estimate of drug-likeness (QED) is 0.746. The number of hydrogen-bond acceptors (Lipinski definition) is 4. The van der Waals surface area contributed by atoms with E-state index in [1.165, 1.54) is 0 Å². The lowest BCUT2D eigenvalue weighted by atomic mass is 10.1. The molecule has 3 rings (SSSR count). The summed E-state index contributed by atoms with van der Waals surface area (Å²) in [7, 11) is 0. The van der Waals surface area contributed by atoms with Crippen LogP contribution in [0, 0.1) is 0 Å². The van der Waals surface area contributed by atoms with E-state index in [1.807, 2.05) is 23.7 Å². The number of nitrogens with zero attached hydrogens (tertiary/aromatic N) is 4. The number of phenolic OH excluding ortho intramolecular Hbond substituents is 1. The summed E-state index contributed by atoms with van der Waals surface area (Å²) in [6.45, 7) is 2.76. The first-order valence-electron chi connectivity index (χ1n) is 5.76. The van der Waals surface area contributed by atoms with Crippen molar-refractivity contribution in [2.75, 3.05) is 0 Å². The number of phenols is 1. The summed E-state index contributed by atoms with van der Waals surface area (Å²) in [6.07, 6.45) is 3.32. The van der Waals surface area contributed by atoms with Gasteiger partial charge in [0.1, 0.15) is 17.0 Å². The van der Waals surface area contributed by atoms with Crippen molar-refractivity contribution < 1.29 is 5.11 Å². The van der Waals surface area contributed by atoms with Gasteiger partial charge in [0.15, 0.2) is 5.65 Å². The fraction of sp³-hybridized carbons (Fsp3) is 0.154. The Morgan fingerprint density at radius 3 is 2.56 bits per heavy atom. The monoisotopic (exact) mass is 240 g/mol. The molecule has 0 saturated carbocycles. The minimum absolute atomic E-state index is 0.240. The van der Waals surface area contributed by atoms with Crippen LogP contribution in [0.25, 0.3) is 22.4 Å². The van der Waals surface area contributed by atoms with Gasteiger partial charge in [0, 0.05) is 24.5 Å². The van der Waals surface area contributed by atoms with Gasteiger partial charge < -0.3 is 5.11 Å². The second-order valence-corrected chi connectivity index (χ2v) is 3.94. The van der Waals surface area contributed by atoms with Crippen LogP contribution in [-0.4, -0.2) is 24.9 Å². The molecular weight excluding hydrogens is 228 g/mol. The third-order valence-corrected chi connectivity index (χ3v) is 2.81. The van der Waals surface area contributed by atoms with Crippen LogP contribution in [0.5, 0.6) is 5.75 Å². The second kappa shape index (κ2) is 4.10. The van der Waals surface area contributed by atoms with Crippen LogP contribution in [0.2, 0.25) is 0 Å². The van der Waals surface area contributed by atoms with Gasteiger partial charge in [0.05, 0.1) is 0 Å². The largest absolute Gasteiger partial charge is 0.508 e. The highest BCUT2D eigenvalue weighted by molar-refractivity contribution is 5.87. The Labute approximate surface area is 104 Å². The Bertz CT molecular complexity index is 688. The molecular formula is C13H12N4O. The van der Waals surface area contributed by atoms with Crippen LogP contribution >= 0.6 is 0 Å². The van der Waals surface area contributed by atoms with Gasteiger partial charge in [-0.05, 0) is 31.2 Å². The standard InChI is InChI=1S/C13H12N4O/c1-2-17-13-12(14-7-8-15-13)11(16-17)9-3-5-10(18)6-4-9/h3-8,18H,2H2,1H3. The van der Waals surface area contributed by atoms with Gasteiger partial charge in [-0.1, -0.05) is 0 Å². The van der Waals surface area contributed by atoms with Gasteiger partial charge in [0.2, 0.25) is 0 Å². The summed E-state index contributed by atoms with van der Waals surface area (Å²) in [5, 5.41) is 13.8. The Kier molecular flexibility index (Phi) is 2.44. The van der Waals surface area contributed by atoms with Gasteiger partial charge >= 0.3 is 0 Å². The molecule has 0 aliphatic heterocycles. The Balaban J connectivity index is 2.26. The van der Waals surface area contributed by atoms with E-state index in [0.717, 1.165) is 29.0 Å². The number of rotatable bonds is 2. The second-order valence-electron chi connectivity index (χ2n) is 3.94. The molecule has 0 aliphatic carbocycles. The molecule has 5 heteroatoms. The van der Waals surface area contributed by atoms with E-state index >= 15 is 0 Å². The molecule has 0 bridgehead atoms. The van der Waals surface area contributed by atoms with Crippen LogP contribution in [0.1, 0.15) is 6.92 Å². The Hall–Kier alpha value is -2.43. The highest BCUT2D eigenvalue weighted by Crippen LogP contribution is 2.26. The predicted molar refractivity (Wildman–Crippen MR) is 68.1 cm³/mol. The molecule has 2 aromatic heterocycles. The normalized spacial score (nSPS) is 10.9. The summed E-state index contributed by atoms with van der Waals surface area (Å²) in [5.74, 6) is 0.240. The maximum Gasteiger partial charge on any atom is 0.177 e. The first-order valence-corrected chi connectivity index (χ1v) is 5.76. The van der Waals surface area contributed by atoms with Crippen molar-refractivity contribution >= 4 is 11.2 Å². The van der Waals surface area contributed by atoms with Gasteiger partial charge in [-0.15, -0.1) is 0 Å². The Morgan fingerprint density at radius 2 is 1.83 bits per heavy atom. The first-order chi connectivity index (χ1) is 8.79. The number of fused-ring (bicyclic) bond motifs is 1. The smallest absolute Gasteiger partial charge is 0.177 e. The molecule has 5 nitrogen and oxygen atoms in total. The highest BCUT2D eigenvalue weighted by atomic mass is 16.3. The molecule has 0 amide bonds. The summed E-state index contributed by atoms with van der Waals surface area (Å²) in [5.41, 5.74) is 3.28. The van der Waals surface area contributed by atoms with E-state index < -0.39 is 0 Å². The van der Waals surface area contributed by atoms with E-state index in [9.17, 15) is 5.11 Å². The van der Waals surface area contributed by atoms with Crippen LogP contribution in [0.4, 0.5) is 0 Å². The molecule has 2 heterocycles. The van der Waals surface area contributed by atoms with Crippen molar-refractivity contribution in [1.29, 1.82) is 0 Å². The predicted octanol–water partition coefficient (Wildman–Crippen LogP) is 2.22. The zero-order valence-electron chi connectivity index (χ0n) is 9.91. The lowest BCUT2D eigenvalue weighted by molar-refractivity contribution is 0.475. The van der Waals surface area contributed by atoms with E-state index in [-0.39, 0.29) is 5.75 Å². The summed E-state index contributed by atoms with van der Waals surface area (Å²) >= 11 is 0. The van der Waals surface area contributed by atoms with Crippen molar-refractivity contribution in [2.24, 2.45) is 0 Å². The zero-order chi connectivity index (χ0) is 12.5. The van der Waals surface area contributed by atoms with Crippen molar-refractivity contribution in [3.63, 3.8) is 0 Å². The van der Waals surface area contributed by atoms with Crippen LogP contribution in [0.15, 0.2) is 36.7 Å². The minimum atomic E-state index is 0.240. The third kappa shape index (κ3) is 1.60. The number of hydrogen-bond donors (Lipinski definition) is 1. The average Bonchev–Trinajstić information content (AvgIpc) is 2.79. The molecule has 0 radical (unpaired) electrons. The number of aromatic nitrogens is 4. The maximum atomic E-state index is 9.31. The molecule has 0 spiro atoms. The minimum Gasteiger partial charge on any atom is -0.508 e. The Morgan fingerprint density at radius 1 is 1.11 bits per heavy atom. The fourth-order valence-electron chi connectivity index (χ4n) is 1.94. The zero-order valence-corrected chi connectivity index (χ0v) is 9.91. The fourth-order valence-corrected chi connectivity index (χ4v) is 1.94. The van der Waals surface area contributed by atoms with Crippen molar-refractivity contribution in [2.45, 2.75) is 13.5 Å². The molecule has 90 valence electrons. The van der Waals surface area contributed by atoms with Crippen LogP contribution < -0.4 is 0 Å². The number of benzene rings is 1. The maximum absolute atomic E-state index is 9.31. The van der Waals surface area contributed by atoms with Gasteiger partial charge in [-0.25, -0.2) is 14.6 Å². The molecule has 18 heavy (non-hydrogen) atoms. The summed E-state index contributed by atoms with van der Waals surface area (Å²) in [4.78, 5) is 8.64. The topological polar surface area (TPSA) is 63.8 Å². The van der Waals surface area contributed by atoms with Crippen LogP contribution in [0.3, 0.4) is 0 Å². The van der Waals surface area contributed by atoms with E-state index in [2.05, 4.69) is 15.1 Å². The van der Waals surface area contributed by atoms with Crippen molar-refractivity contribution in [3.05, 3.63) is 36.7 Å². The molecule has 3 aromatic rings. The summed E-state index contributed by atoms with van der Waals surface area (Å²) in [6, 6.07) is 6.93. The van der Waals surface area contributed by atoms with Gasteiger partial charge in [0.25, 0.3) is 0 Å². The lowest BCUT2D eigenvalue weighted by Gasteiger charge is -1.97. The first kappa shape index (κ1) is 10.7. The summed E-state index contributed by atoms with van der Waals surface area (Å²) < 4.78 is 1.82. The lowest BCUT2D eigenvalue weighted by Crippen LogP contribution is -1.97. The molecule has 1 N–H and O–H groups in total. The van der Waals surface area contributed by atoms with Crippen molar-refractivity contribution in [1.82, 2.24) is 19.7 Å². The number of aromatic hydroxyl groups is 1. The average molecular weight is 240 g/mol. The van der Waals surface area contributed by atoms with Crippen LogP contribution in [-0.2, 0) is 6.54 Å².